The lowest BCUT2D eigenvalue weighted by Crippen LogP contribution is -2.33. The topological polar surface area (TPSA) is 77.5 Å². The van der Waals surface area contributed by atoms with E-state index in [1.165, 1.54) is 6.20 Å². The predicted octanol–water partition coefficient (Wildman–Crippen LogP) is 3.28. The van der Waals surface area contributed by atoms with Gasteiger partial charge in [-0.05, 0) is 58.5 Å². The molecule has 0 radical (unpaired) electrons. The zero-order valence-corrected chi connectivity index (χ0v) is 15.9. The summed E-state index contributed by atoms with van der Waals surface area (Å²) in [6, 6.07) is 9.15. The molecule has 1 heterocycles. The van der Waals surface area contributed by atoms with E-state index in [1.54, 1.807) is 19.4 Å². The molecule has 0 bridgehead atoms. The number of ether oxygens (including phenoxy) is 2. The number of hydrogen-bond donors (Lipinski definition) is 1. The fourth-order valence-corrected chi connectivity index (χ4v) is 3.03. The van der Waals surface area contributed by atoms with E-state index >= 15 is 0 Å². The van der Waals surface area contributed by atoms with Crippen LogP contribution in [0.3, 0.4) is 0 Å². The van der Waals surface area contributed by atoms with Gasteiger partial charge in [0.25, 0.3) is 5.91 Å². The van der Waals surface area contributed by atoms with E-state index in [9.17, 15) is 9.59 Å². The molecule has 1 aromatic heterocycles. The second-order valence-electron chi connectivity index (χ2n) is 6.12. The van der Waals surface area contributed by atoms with Crippen molar-refractivity contribution in [1.82, 2.24) is 10.3 Å². The molecule has 0 saturated heterocycles. The Balaban J connectivity index is 1.57. The van der Waals surface area contributed by atoms with Crippen molar-refractivity contribution in [2.45, 2.75) is 18.9 Å². The highest BCUT2D eigenvalue weighted by molar-refractivity contribution is 9.10. The Hall–Kier alpha value is -2.41. The number of benzene rings is 1. The molecule has 136 valence electrons. The number of hydrogen-bond acceptors (Lipinski definition) is 5. The number of carbonyl (C=O) groups is 2. The van der Waals surface area contributed by atoms with Gasteiger partial charge in [0.2, 0.25) is 0 Å². The third-order valence-corrected chi connectivity index (χ3v) is 4.59. The Labute approximate surface area is 160 Å². The predicted molar refractivity (Wildman–Crippen MR) is 98.8 cm³/mol. The molecule has 1 aliphatic rings. The first-order chi connectivity index (χ1) is 12.6. The van der Waals surface area contributed by atoms with Crippen LogP contribution < -0.4 is 10.1 Å². The molecule has 1 aliphatic carbocycles. The standard InChI is InChI=1S/C19H19BrN2O4/c1-25-16-6-4-13(5-7-16)18(12-2-3-12)22-17(23)11-26-19(24)14-8-15(20)10-21-9-14/h4-10,12,18H,2-3,11H2,1H3,(H,22,23). The van der Waals surface area contributed by atoms with Gasteiger partial charge in [-0.25, -0.2) is 4.79 Å². The maximum absolute atomic E-state index is 12.2. The lowest BCUT2D eigenvalue weighted by molar-refractivity contribution is -0.125. The summed E-state index contributed by atoms with van der Waals surface area (Å²) in [6.45, 7) is -0.329. The Bertz CT molecular complexity index is 790. The number of aromatic nitrogens is 1. The Kier molecular flexibility index (Phi) is 5.88. The highest BCUT2D eigenvalue weighted by Gasteiger charge is 2.33. The smallest absolute Gasteiger partial charge is 0.340 e. The number of carbonyl (C=O) groups excluding carboxylic acids is 2. The van der Waals surface area contributed by atoms with Crippen molar-refractivity contribution < 1.29 is 19.1 Å². The van der Waals surface area contributed by atoms with E-state index in [0.717, 1.165) is 24.2 Å². The first kappa shape index (κ1) is 18.4. The Morgan fingerprint density at radius 2 is 2.00 bits per heavy atom. The van der Waals surface area contributed by atoms with Crippen molar-refractivity contribution in [2.24, 2.45) is 5.92 Å². The van der Waals surface area contributed by atoms with E-state index in [-0.39, 0.29) is 18.6 Å². The highest BCUT2D eigenvalue weighted by atomic mass is 79.9. The van der Waals surface area contributed by atoms with Crippen LogP contribution in [0.4, 0.5) is 0 Å². The molecule has 0 spiro atoms. The Morgan fingerprint density at radius 3 is 2.62 bits per heavy atom. The molecular weight excluding hydrogens is 400 g/mol. The maximum atomic E-state index is 12.2. The van der Waals surface area contributed by atoms with Gasteiger partial charge in [0, 0.05) is 16.9 Å². The lowest BCUT2D eigenvalue weighted by Gasteiger charge is -2.19. The van der Waals surface area contributed by atoms with Crippen LogP contribution in [-0.2, 0) is 9.53 Å². The minimum atomic E-state index is -0.582. The van der Waals surface area contributed by atoms with Gasteiger partial charge in [-0.2, -0.15) is 0 Å². The molecule has 1 fully saturated rings. The summed E-state index contributed by atoms with van der Waals surface area (Å²) in [7, 11) is 1.62. The number of esters is 1. The average Bonchev–Trinajstić information content (AvgIpc) is 3.49. The summed E-state index contributed by atoms with van der Waals surface area (Å²) >= 11 is 3.24. The summed E-state index contributed by atoms with van der Waals surface area (Å²) < 4.78 is 10.9. The van der Waals surface area contributed by atoms with Gasteiger partial charge in [-0.3, -0.25) is 9.78 Å². The molecule has 1 saturated carbocycles. The molecule has 2 aromatic rings. The lowest BCUT2D eigenvalue weighted by atomic mass is 10.0. The van der Waals surface area contributed by atoms with E-state index in [0.29, 0.717) is 16.0 Å². The van der Waals surface area contributed by atoms with Crippen molar-refractivity contribution >= 4 is 27.8 Å². The number of nitrogens with one attached hydrogen (secondary N) is 1. The van der Waals surface area contributed by atoms with Gasteiger partial charge in [-0.15, -0.1) is 0 Å². The van der Waals surface area contributed by atoms with E-state index in [2.05, 4.69) is 26.2 Å². The summed E-state index contributed by atoms with van der Waals surface area (Å²) in [5, 5.41) is 2.97. The highest BCUT2D eigenvalue weighted by Crippen LogP contribution is 2.41. The van der Waals surface area contributed by atoms with E-state index in [4.69, 9.17) is 9.47 Å². The molecule has 1 amide bonds. The fraction of sp³-hybridized carbons (Fsp3) is 0.316. The van der Waals surface area contributed by atoms with Gasteiger partial charge in [0.1, 0.15) is 5.75 Å². The van der Waals surface area contributed by atoms with Crippen LogP contribution in [0, 0.1) is 5.92 Å². The van der Waals surface area contributed by atoms with Gasteiger partial charge < -0.3 is 14.8 Å². The first-order valence-corrected chi connectivity index (χ1v) is 9.07. The molecule has 0 aliphatic heterocycles. The van der Waals surface area contributed by atoms with Crippen molar-refractivity contribution in [3.63, 3.8) is 0 Å². The summed E-state index contributed by atoms with van der Waals surface area (Å²) in [6.07, 6.45) is 5.11. The molecular formula is C19H19BrN2O4. The van der Waals surface area contributed by atoms with Crippen LogP contribution in [0.5, 0.6) is 5.75 Å². The average molecular weight is 419 g/mol. The van der Waals surface area contributed by atoms with Crippen molar-refractivity contribution in [3.05, 3.63) is 58.3 Å². The first-order valence-electron chi connectivity index (χ1n) is 8.28. The monoisotopic (exact) mass is 418 g/mol. The van der Waals surface area contributed by atoms with Gasteiger partial charge in [0.05, 0.1) is 18.7 Å². The summed E-state index contributed by atoms with van der Waals surface area (Å²) in [4.78, 5) is 28.2. The minimum Gasteiger partial charge on any atom is -0.497 e. The third kappa shape index (κ3) is 4.82. The summed E-state index contributed by atoms with van der Waals surface area (Å²) in [5.41, 5.74) is 1.31. The molecule has 1 atom stereocenters. The fourth-order valence-electron chi connectivity index (χ4n) is 2.67. The van der Waals surface area contributed by atoms with Gasteiger partial charge >= 0.3 is 5.97 Å². The molecule has 6 nitrogen and oxygen atoms in total. The van der Waals surface area contributed by atoms with Crippen molar-refractivity contribution in [3.8, 4) is 5.75 Å². The van der Waals surface area contributed by atoms with Crippen LogP contribution in [-0.4, -0.2) is 30.6 Å². The zero-order chi connectivity index (χ0) is 18.5. The Morgan fingerprint density at radius 1 is 1.27 bits per heavy atom. The van der Waals surface area contributed by atoms with Crippen LogP contribution in [0.15, 0.2) is 47.2 Å². The molecule has 1 unspecified atom stereocenters. The van der Waals surface area contributed by atoms with E-state index in [1.807, 2.05) is 24.3 Å². The number of pyridine rings is 1. The summed E-state index contributed by atoms with van der Waals surface area (Å²) in [5.74, 6) is 0.277. The van der Waals surface area contributed by atoms with Crippen LogP contribution >= 0.6 is 15.9 Å². The normalized spacial score (nSPS) is 14.4. The number of rotatable bonds is 7. The molecule has 1 N–H and O–H groups in total. The van der Waals surface area contributed by atoms with Crippen LogP contribution in [0.1, 0.15) is 34.8 Å². The third-order valence-electron chi connectivity index (χ3n) is 4.16. The number of nitrogens with zero attached hydrogens (tertiary/aromatic N) is 1. The second-order valence-corrected chi connectivity index (χ2v) is 7.04. The second kappa shape index (κ2) is 8.31. The van der Waals surface area contributed by atoms with Gasteiger partial charge in [0.15, 0.2) is 6.61 Å². The zero-order valence-electron chi connectivity index (χ0n) is 14.3. The largest absolute Gasteiger partial charge is 0.497 e. The van der Waals surface area contributed by atoms with Gasteiger partial charge in [-0.1, -0.05) is 12.1 Å². The molecule has 1 aromatic carbocycles. The minimum absolute atomic E-state index is 0.0837. The SMILES string of the molecule is COc1ccc(C(NC(=O)COC(=O)c2cncc(Br)c2)C2CC2)cc1. The molecule has 26 heavy (non-hydrogen) atoms. The van der Waals surface area contributed by atoms with Crippen LogP contribution in [0.25, 0.3) is 0 Å². The number of methoxy groups -OCH3 is 1. The van der Waals surface area contributed by atoms with E-state index < -0.39 is 5.97 Å². The molecule has 7 heteroatoms. The quantitative estimate of drug-likeness (QED) is 0.698. The van der Waals surface area contributed by atoms with Crippen molar-refractivity contribution in [1.29, 1.82) is 0 Å². The maximum Gasteiger partial charge on any atom is 0.340 e. The molecule has 3 rings (SSSR count). The number of halogens is 1. The van der Waals surface area contributed by atoms with Crippen LogP contribution in [0.2, 0.25) is 0 Å². The van der Waals surface area contributed by atoms with Crippen molar-refractivity contribution in [2.75, 3.05) is 13.7 Å². The number of amides is 1.